The fraction of sp³-hybridized carbons (Fsp3) is 0.350. The molecule has 0 spiro atoms. The van der Waals surface area contributed by atoms with Crippen LogP contribution in [0.3, 0.4) is 0 Å². The van der Waals surface area contributed by atoms with Crippen molar-refractivity contribution in [1.29, 1.82) is 0 Å². The van der Waals surface area contributed by atoms with Gasteiger partial charge in [0.15, 0.2) is 0 Å². The van der Waals surface area contributed by atoms with E-state index in [1.54, 1.807) is 11.3 Å². The summed E-state index contributed by atoms with van der Waals surface area (Å²) in [5, 5.41) is 6.41. The van der Waals surface area contributed by atoms with Gasteiger partial charge in [-0.2, -0.15) is 0 Å². The number of nitrogens with one attached hydrogen (secondary N) is 2. The molecule has 1 unspecified atom stereocenters. The lowest BCUT2D eigenvalue weighted by Gasteiger charge is -2.26. The van der Waals surface area contributed by atoms with Gasteiger partial charge in [0, 0.05) is 28.5 Å². The van der Waals surface area contributed by atoms with E-state index in [0.717, 1.165) is 29.6 Å². The number of rotatable bonds is 6. The van der Waals surface area contributed by atoms with Crippen LogP contribution in [0.2, 0.25) is 0 Å². The summed E-state index contributed by atoms with van der Waals surface area (Å²) in [6, 6.07) is 12.7. The van der Waals surface area contributed by atoms with Gasteiger partial charge in [0.1, 0.15) is 0 Å². The highest BCUT2D eigenvalue weighted by Gasteiger charge is 2.24. The summed E-state index contributed by atoms with van der Waals surface area (Å²) >= 11 is 1.78. The Kier molecular flexibility index (Phi) is 4.85. The minimum absolute atomic E-state index is 0.0884. The lowest BCUT2D eigenvalue weighted by molar-refractivity contribution is -0.120. The molecule has 1 aliphatic heterocycles. The van der Waals surface area contributed by atoms with Gasteiger partial charge in [-0.3, -0.25) is 9.69 Å². The molecule has 4 rings (SSSR count). The fourth-order valence-electron chi connectivity index (χ4n) is 3.67. The van der Waals surface area contributed by atoms with E-state index in [9.17, 15) is 4.79 Å². The van der Waals surface area contributed by atoms with E-state index in [-0.39, 0.29) is 5.91 Å². The Morgan fingerprint density at radius 1 is 1.20 bits per heavy atom. The Morgan fingerprint density at radius 2 is 2.04 bits per heavy atom. The molecule has 3 aromatic rings. The smallest absolute Gasteiger partial charge is 0.224 e. The van der Waals surface area contributed by atoms with Gasteiger partial charge in [-0.1, -0.05) is 24.3 Å². The molecule has 1 aliphatic rings. The van der Waals surface area contributed by atoms with Crippen molar-refractivity contribution < 1.29 is 4.79 Å². The zero-order valence-electron chi connectivity index (χ0n) is 14.2. The highest BCUT2D eigenvalue weighted by atomic mass is 32.1. The van der Waals surface area contributed by atoms with E-state index < -0.39 is 0 Å². The fourth-order valence-corrected chi connectivity index (χ4v) is 4.53. The summed E-state index contributed by atoms with van der Waals surface area (Å²) in [5.74, 6) is 0.0884. The highest BCUT2D eigenvalue weighted by Crippen LogP contribution is 2.28. The van der Waals surface area contributed by atoms with Crippen molar-refractivity contribution in [3.63, 3.8) is 0 Å². The van der Waals surface area contributed by atoms with Crippen LogP contribution in [0.15, 0.2) is 48.0 Å². The number of carbonyl (C=O) groups is 1. The van der Waals surface area contributed by atoms with Gasteiger partial charge < -0.3 is 10.3 Å². The molecule has 0 saturated carbocycles. The quantitative estimate of drug-likeness (QED) is 0.709. The third kappa shape index (κ3) is 3.62. The number of fused-ring (bicyclic) bond motifs is 1. The van der Waals surface area contributed by atoms with Gasteiger partial charge in [-0.15, -0.1) is 11.3 Å². The molecule has 25 heavy (non-hydrogen) atoms. The standard InChI is InChI=1S/C20H23N3OS/c24-20(12-15-13-21-17-7-2-1-6-16(15)17)22-14-18(19-8-5-11-25-19)23-9-3-4-10-23/h1-2,5-8,11,13,18,21H,3-4,9-10,12,14H2,(H,22,24). The number of aromatic nitrogens is 1. The van der Waals surface area contributed by atoms with Gasteiger partial charge in [0.25, 0.3) is 0 Å². The number of thiophene rings is 1. The lowest BCUT2D eigenvalue weighted by atomic mass is 10.1. The number of hydrogen-bond donors (Lipinski definition) is 2. The van der Waals surface area contributed by atoms with E-state index >= 15 is 0 Å². The van der Waals surface area contributed by atoms with Crippen molar-refractivity contribution in [3.05, 3.63) is 58.4 Å². The molecule has 1 fully saturated rings. The average Bonchev–Trinajstić information content (AvgIpc) is 3.38. The van der Waals surface area contributed by atoms with Crippen LogP contribution < -0.4 is 5.32 Å². The number of likely N-dealkylation sites (tertiary alicyclic amines) is 1. The molecule has 0 aliphatic carbocycles. The maximum atomic E-state index is 12.5. The predicted octanol–water partition coefficient (Wildman–Crippen LogP) is 3.73. The second-order valence-corrected chi connectivity index (χ2v) is 7.59. The molecular formula is C20H23N3OS. The Labute approximate surface area is 151 Å². The van der Waals surface area contributed by atoms with E-state index in [4.69, 9.17) is 0 Å². The summed E-state index contributed by atoms with van der Waals surface area (Å²) < 4.78 is 0. The van der Waals surface area contributed by atoms with Crippen LogP contribution in [0.5, 0.6) is 0 Å². The topological polar surface area (TPSA) is 48.1 Å². The van der Waals surface area contributed by atoms with Crippen LogP contribution >= 0.6 is 11.3 Å². The summed E-state index contributed by atoms with van der Waals surface area (Å²) in [6.45, 7) is 2.93. The molecule has 4 nitrogen and oxygen atoms in total. The molecule has 1 aromatic carbocycles. The van der Waals surface area contributed by atoms with E-state index in [1.807, 2.05) is 24.4 Å². The monoisotopic (exact) mass is 353 g/mol. The Hall–Kier alpha value is -2.11. The molecule has 3 heterocycles. The van der Waals surface area contributed by atoms with E-state index in [0.29, 0.717) is 19.0 Å². The number of amides is 1. The summed E-state index contributed by atoms with van der Waals surface area (Å²) in [5.41, 5.74) is 2.14. The summed E-state index contributed by atoms with van der Waals surface area (Å²) in [7, 11) is 0. The van der Waals surface area contributed by atoms with Crippen molar-refractivity contribution in [2.45, 2.75) is 25.3 Å². The van der Waals surface area contributed by atoms with Crippen LogP contribution in [0.25, 0.3) is 10.9 Å². The zero-order chi connectivity index (χ0) is 17.1. The van der Waals surface area contributed by atoms with Crippen molar-refractivity contribution in [3.8, 4) is 0 Å². The Morgan fingerprint density at radius 3 is 2.84 bits per heavy atom. The van der Waals surface area contributed by atoms with Crippen molar-refractivity contribution in [1.82, 2.24) is 15.2 Å². The first-order valence-corrected chi connectivity index (χ1v) is 9.78. The predicted molar refractivity (Wildman–Crippen MR) is 103 cm³/mol. The first kappa shape index (κ1) is 16.4. The molecule has 0 radical (unpaired) electrons. The third-order valence-corrected chi connectivity index (χ3v) is 5.95. The van der Waals surface area contributed by atoms with Crippen LogP contribution in [-0.2, 0) is 11.2 Å². The number of hydrogen-bond acceptors (Lipinski definition) is 3. The highest BCUT2D eigenvalue weighted by molar-refractivity contribution is 7.10. The first-order chi connectivity index (χ1) is 12.3. The number of nitrogens with zero attached hydrogens (tertiary/aromatic N) is 1. The molecule has 2 N–H and O–H groups in total. The zero-order valence-corrected chi connectivity index (χ0v) is 15.0. The summed E-state index contributed by atoms with van der Waals surface area (Å²) in [6.07, 6.45) is 4.87. The molecule has 0 bridgehead atoms. The first-order valence-electron chi connectivity index (χ1n) is 8.90. The van der Waals surface area contributed by atoms with Gasteiger partial charge in [-0.05, 0) is 49.0 Å². The number of carbonyl (C=O) groups excluding carboxylic acids is 1. The van der Waals surface area contributed by atoms with E-state index in [2.05, 4.69) is 38.8 Å². The minimum Gasteiger partial charge on any atom is -0.361 e. The maximum Gasteiger partial charge on any atom is 0.224 e. The molecule has 1 saturated heterocycles. The molecule has 5 heteroatoms. The van der Waals surface area contributed by atoms with Gasteiger partial charge in [-0.25, -0.2) is 0 Å². The third-order valence-electron chi connectivity index (χ3n) is 4.97. The second-order valence-electron chi connectivity index (χ2n) is 6.61. The lowest BCUT2D eigenvalue weighted by Crippen LogP contribution is -2.37. The number of benzene rings is 1. The SMILES string of the molecule is O=C(Cc1c[nH]c2ccccc12)NCC(c1cccs1)N1CCCC1. The molecule has 130 valence electrons. The molecule has 2 aromatic heterocycles. The number of H-pyrrole nitrogens is 1. The van der Waals surface area contributed by atoms with Crippen molar-refractivity contribution >= 4 is 28.1 Å². The van der Waals surface area contributed by atoms with Gasteiger partial charge in [0.05, 0.1) is 12.5 Å². The van der Waals surface area contributed by atoms with Crippen molar-refractivity contribution in [2.24, 2.45) is 0 Å². The van der Waals surface area contributed by atoms with Crippen LogP contribution in [0.1, 0.15) is 29.3 Å². The van der Waals surface area contributed by atoms with Gasteiger partial charge in [0.2, 0.25) is 5.91 Å². The number of para-hydroxylation sites is 1. The molecular weight excluding hydrogens is 330 g/mol. The Bertz CT molecular complexity index is 834. The second kappa shape index (κ2) is 7.42. The average molecular weight is 353 g/mol. The molecule has 1 amide bonds. The minimum atomic E-state index is 0.0884. The molecule has 1 atom stereocenters. The van der Waals surface area contributed by atoms with Gasteiger partial charge >= 0.3 is 0 Å². The maximum absolute atomic E-state index is 12.5. The van der Waals surface area contributed by atoms with Crippen LogP contribution in [-0.4, -0.2) is 35.4 Å². The normalized spacial score (nSPS) is 16.3. The number of aromatic amines is 1. The Balaban J connectivity index is 1.41. The van der Waals surface area contributed by atoms with Crippen LogP contribution in [0, 0.1) is 0 Å². The largest absolute Gasteiger partial charge is 0.361 e. The van der Waals surface area contributed by atoms with Crippen LogP contribution in [0.4, 0.5) is 0 Å². The van der Waals surface area contributed by atoms with E-state index in [1.165, 1.54) is 17.7 Å². The van der Waals surface area contributed by atoms with Crippen molar-refractivity contribution in [2.75, 3.05) is 19.6 Å². The summed E-state index contributed by atoms with van der Waals surface area (Å²) in [4.78, 5) is 19.6.